The van der Waals surface area contributed by atoms with Crippen LogP contribution in [0.1, 0.15) is 33.6 Å². The molecule has 0 aromatic heterocycles. The number of hydrogen-bond acceptors (Lipinski definition) is 1. The fraction of sp³-hybridized carbons (Fsp3) is 0.857. The van der Waals surface area contributed by atoms with Crippen molar-refractivity contribution in [2.45, 2.75) is 37.9 Å². The second-order valence-corrected chi connectivity index (χ2v) is 4.08. The normalized spacial score (nSPS) is 16.9. The average Bonchev–Trinajstić information content (AvgIpc) is 1.86. The number of rotatable bonds is 3. The van der Waals surface area contributed by atoms with Crippen molar-refractivity contribution in [2.75, 3.05) is 0 Å². The Bertz CT molecular complexity index is 107. The van der Waals surface area contributed by atoms with E-state index in [0.717, 1.165) is 6.42 Å². The zero-order chi connectivity index (χ0) is 7.49. The summed E-state index contributed by atoms with van der Waals surface area (Å²) in [4.78, 5) is 11.0. The maximum atomic E-state index is 11.0. The summed E-state index contributed by atoms with van der Waals surface area (Å²) in [5.41, 5.74) is 0. The Balaban J connectivity index is 3.97. The molecule has 1 nitrogen and oxygen atoms in total. The van der Waals surface area contributed by atoms with Crippen LogP contribution in [0.2, 0.25) is 0 Å². The standard InChI is InChI=1S/C7H13BrO/c1-4-6(9)7(3,8)5-2/h4-5H2,1-3H3. The summed E-state index contributed by atoms with van der Waals surface area (Å²) in [6, 6.07) is 0. The molecular formula is C7H13BrO. The Labute approximate surface area is 65.0 Å². The number of carbonyl (C=O) groups excluding carboxylic acids is 1. The Kier molecular flexibility index (Phi) is 3.41. The lowest BCUT2D eigenvalue weighted by atomic mass is 10.0. The van der Waals surface area contributed by atoms with Gasteiger partial charge in [-0.1, -0.05) is 29.8 Å². The summed E-state index contributed by atoms with van der Waals surface area (Å²) in [5, 5.41) is 0. The summed E-state index contributed by atoms with van der Waals surface area (Å²) in [5.74, 6) is 0.282. The molecule has 0 saturated carbocycles. The van der Waals surface area contributed by atoms with Gasteiger partial charge in [0.2, 0.25) is 0 Å². The molecule has 0 aliphatic carbocycles. The van der Waals surface area contributed by atoms with Crippen LogP contribution in [0.4, 0.5) is 0 Å². The maximum Gasteiger partial charge on any atom is 0.148 e. The quantitative estimate of drug-likeness (QED) is 0.629. The Morgan fingerprint density at radius 2 is 2.00 bits per heavy atom. The summed E-state index contributed by atoms with van der Waals surface area (Å²) in [6.45, 7) is 5.80. The maximum absolute atomic E-state index is 11.0. The van der Waals surface area contributed by atoms with Crippen LogP contribution in [0.5, 0.6) is 0 Å². The van der Waals surface area contributed by atoms with E-state index in [-0.39, 0.29) is 10.1 Å². The van der Waals surface area contributed by atoms with Gasteiger partial charge in [0.15, 0.2) is 0 Å². The van der Waals surface area contributed by atoms with Crippen molar-refractivity contribution in [3.63, 3.8) is 0 Å². The summed E-state index contributed by atoms with van der Waals surface area (Å²) >= 11 is 3.36. The van der Waals surface area contributed by atoms with Gasteiger partial charge >= 0.3 is 0 Å². The van der Waals surface area contributed by atoms with E-state index in [9.17, 15) is 4.79 Å². The number of hydrogen-bond donors (Lipinski definition) is 0. The van der Waals surface area contributed by atoms with Crippen molar-refractivity contribution in [1.82, 2.24) is 0 Å². The lowest BCUT2D eigenvalue weighted by Gasteiger charge is -2.16. The first kappa shape index (κ1) is 9.15. The third kappa shape index (κ3) is 2.48. The molecule has 0 aliphatic heterocycles. The predicted octanol–water partition coefficient (Wildman–Crippen LogP) is 2.53. The Morgan fingerprint density at radius 3 is 2.11 bits per heavy atom. The molecule has 1 unspecified atom stereocenters. The van der Waals surface area contributed by atoms with Gasteiger partial charge in [-0.25, -0.2) is 0 Å². The molecule has 0 rings (SSSR count). The molecule has 0 aliphatic rings. The van der Waals surface area contributed by atoms with Crippen molar-refractivity contribution < 1.29 is 4.79 Å². The zero-order valence-electron chi connectivity index (χ0n) is 6.20. The highest BCUT2D eigenvalue weighted by Gasteiger charge is 2.24. The number of carbonyl (C=O) groups is 1. The van der Waals surface area contributed by atoms with Gasteiger partial charge in [0.1, 0.15) is 5.78 Å². The van der Waals surface area contributed by atoms with Crippen molar-refractivity contribution in [2.24, 2.45) is 0 Å². The SMILES string of the molecule is CCC(=O)C(C)(Br)CC. The van der Waals surface area contributed by atoms with Crippen LogP contribution in [0.3, 0.4) is 0 Å². The Morgan fingerprint density at radius 1 is 1.56 bits per heavy atom. The van der Waals surface area contributed by atoms with E-state index in [1.54, 1.807) is 0 Å². The van der Waals surface area contributed by atoms with Crippen LogP contribution in [0.25, 0.3) is 0 Å². The van der Waals surface area contributed by atoms with E-state index in [2.05, 4.69) is 15.9 Å². The van der Waals surface area contributed by atoms with Crippen molar-refractivity contribution in [3.8, 4) is 0 Å². The summed E-state index contributed by atoms with van der Waals surface area (Å²) in [6.07, 6.45) is 1.48. The number of ketones is 1. The third-order valence-corrected chi connectivity index (χ3v) is 2.57. The number of halogens is 1. The lowest BCUT2D eigenvalue weighted by Crippen LogP contribution is -2.26. The fourth-order valence-electron chi connectivity index (χ4n) is 0.566. The minimum atomic E-state index is -0.276. The molecule has 2 heteroatoms. The molecule has 9 heavy (non-hydrogen) atoms. The van der Waals surface area contributed by atoms with Gasteiger partial charge in [-0.05, 0) is 13.3 Å². The molecular weight excluding hydrogens is 180 g/mol. The van der Waals surface area contributed by atoms with Crippen LogP contribution >= 0.6 is 15.9 Å². The molecule has 0 aromatic rings. The van der Waals surface area contributed by atoms with Crippen LogP contribution in [-0.2, 0) is 4.79 Å². The van der Waals surface area contributed by atoms with Crippen LogP contribution in [0.15, 0.2) is 0 Å². The first-order valence-corrected chi connectivity index (χ1v) is 4.06. The molecule has 0 radical (unpaired) electrons. The van der Waals surface area contributed by atoms with E-state index < -0.39 is 0 Å². The van der Waals surface area contributed by atoms with Gasteiger partial charge in [-0.15, -0.1) is 0 Å². The third-order valence-electron chi connectivity index (χ3n) is 1.57. The number of alkyl halides is 1. The molecule has 0 N–H and O–H groups in total. The molecule has 0 aromatic carbocycles. The van der Waals surface area contributed by atoms with Gasteiger partial charge in [0.25, 0.3) is 0 Å². The van der Waals surface area contributed by atoms with E-state index in [1.807, 2.05) is 20.8 Å². The number of Topliss-reactive ketones (excluding diaryl/α,β-unsaturated/α-hetero) is 1. The highest BCUT2D eigenvalue weighted by Crippen LogP contribution is 2.23. The van der Waals surface area contributed by atoms with Crippen LogP contribution < -0.4 is 0 Å². The van der Waals surface area contributed by atoms with Crippen molar-refractivity contribution in [1.29, 1.82) is 0 Å². The fourth-order valence-corrected chi connectivity index (χ4v) is 0.846. The second kappa shape index (κ2) is 3.35. The minimum absolute atomic E-state index is 0.276. The van der Waals surface area contributed by atoms with Crippen molar-refractivity contribution >= 4 is 21.7 Å². The molecule has 0 heterocycles. The molecule has 0 amide bonds. The predicted molar refractivity (Wildman–Crippen MR) is 42.9 cm³/mol. The van der Waals surface area contributed by atoms with E-state index >= 15 is 0 Å². The second-order valence-electron chi connectivity index (χ2n) is 2.33. The zero-order valence-corrected chi connectivity index (χ0v) is 7.79. The molecule has 54 valence electrons. The first-order chi connectivity index (χ1) is 4.04. The van der Waals surface area contributed by atoms with Gasteiger partial charge in [-0.2, -0.15) is 0 Å². The molecule has 0 bridgehead atoms. The summed E-state index contributed by atoms with van der Waals surface area (Å²) in [7, 11) is 0. The van der Waals surface area contributed by atoms with E-state index in [1.165, 1.54) is 0 Å². The lowest BCUT2D eigenvalue weighted by molar-refractivity contribution is -0.120. The van der Waals surface area contributed by atoms with Gasteiger partial charge in [0.05, 0.1) is 4.32 Å². The van der Waals surface area contributed by atoms with E-state index in [0.29, 0.717) is 6.42 Å². The molecule has 1 atom stereocenters. The molecule has 0 saturated heterocycles. The highest BCUT2D eigenvalue weighted by atomic mass is 79.9. The largest absolute Gasteiger partial charge is 0.298 e. The minimum Gasteiger partial charge on any atom is -0.298 e. The van der Waals surface area contributed by atoms with Gasteiger partial charge in [0, 0.05) is 6.42 Å². The first-order valence-electron chi connectivity index (χ1n) is 3.26. The highest BCUT2D eigenvalue weighted by molar-refractivity contribution is 9.10. The van der Waals surface area contributed by atoms with E-state index in [4.69, 9.17) is 0 Å². The molecule has 0 spiro atoms. The Hall–Kier alpha value is 0.150. The van der Waals surface area contributed by atoms with Gasteiger partial charge < -0.3 is 0 Å². The van der Waals surface area contributed by atoms with Gasteiger partial charge in [-0.3, -0.25) is 4.79 Å². The topological polar surface area (TPSA) is 17.1 Å². The van der Waals surface area contributed by atoms with Crippen LogP contribution in [-0.4, -0.2) is 10.1 Å². The summed E-state index contributed by atoms with van der Waals surface area (Å²) < 4.78 is -0.276. The smallest absolute Gasteiger partial charge is 0.148 e. The van der Waals surface area contributed by atoms with Crippen LogP contribution in [0, 0.1) is 0 Å². The molecule has 0 fully saturated rings. The monoisotopic (exact) mass is 192 g/mol. The average molecular weight is 193 g/mol. The van der Waals surface area contributed by atoms with Crippen molar-refractivity contribution in [3.05, 3.63) is 0 Å².